The fourth-order valence-electron chi connectivity index (χ4n) is 1.63. The molecule has 6 nitrogen and oxygen atoms in total. The van der Waals surface area contributed by atoms with Gasteiger partial charge in [-0.3, -0.25) is 4.79 Å². The molecule has 84 valence electrons. The molecule has 0 saturated heterocycles. The molecule has 0 fully saturated rings. The molecular weight excluding hydrogens is 206 g/mol. The predicted molar refractivity (Wildman–Crippen MR) is 60.9 cm³/mol. The molecule has 16 heavy (non-hydrogen) atoms. The Kier molecular flexibility index (Phi) is 2.26. The summed E-state index contributed by atoms with van der Waals surface area (Å²) in [7, 11) is 5.18. The zero-order valence-electron chi connectivity index (χ0n) is 9.43. The van der Waals surface area contributed by atoms with E-state index in [4.69, 9.17) is 5.73 Å². The quantitative estimate of drug-likeness (QED) is 0.746. The van der Waals surface area contributed by atoms with Crippen LogP contribution in [-0.2, 0) is 7.05 Å². The molecule has 0 aliphatic heterocycles. The van der Waals surface area contributed by atoms with Crippen LogP contribution in [0.4, 0.5) is 5.69 Å². The molecule has 2 aromatic rings. The molecule has 2 rings (SSSR count). The van der Waals surface area contributed by atoms with Gasteiger partial charge in [0.1, 0.15) is 17.4 Å². The minimum Gasteiger partial charge on any atom is -0.396 e. The lowest BCUT2D eigenvalue weighted by Gasteiger charge is -2.10. The Morgan fingerprint density at radius 2 is 2.12 bits per heavy atom. The molecule has 0 aliphatic rings. The standard InChI is InChI=1S/C10H13N5O/c1-14(2)10(16)8-9-7(12-5-13-8)6(11)4-15(9)3/h4-5H,11H2,1-3H3. The molecule has 2 heterocycles. The van der Waals surface area contributed by atoms with Crippen LogP contribution in [0.2, 0.25) is 0 Å². The first kappa shape index (κ1) is 10.4. The van der Waals surface area contributed by atoms with Crippen LogP contribution in [0.25, 0.3) is 11.0 Å². The van der Waals surface area contributed by atoms with Crippen molar-refractivity contribution in [2.45, 2.75) is 0 Å². The Hall–Kier alpha value is -2.11. The summed E-state index contributed by atoms with van der Waals surface area (Å²) in [5.41, 5.74) is 7.98. The molecule has 0 radical (unpaired) electrons. The van der Waals surface area contributed by atoms with E-state index in [0.29, 0.717) is 22.4 Å². The van der Waals surface area contributed by atoms with Gasteiger partial charge in [-0.1, -0.05) is 0 Å². The van der Waals surface area contributed by atoms with Crippen molar-refractivity contribution in [1.82, 2.24) is 19.4 Å². The largest absolute Gasteiger partial charge is 0.396 e. The second kappa shape index (κ2) is 3.48. The van der Waals surface area contributed by atoms with E-state index in [9.17, 15) is 4.79 Å². The van der Waals surface area contributed by atoms with E-state index in [1.165, 1.54) is 11.2 Å². The van der Waals surface area contributed by atoms with Gasteiger partial charge < -0.3 is 15.2 Å². The maximum Gasteiger partial charge on any atom is 0.274 e. The molecule has 0 spiro atoms. The fourth-order valence-corrected chi connectivity index (χ4v) is 1.63. The Morgan fingerprint density at radius 1 is 1.44 bits per heavy atom. The zero-order chi connectivity index (χ0) is 11.9. The number of nitrogens with two attached hydrogens (primary N) is 1. The fraction of sp³-hybridized carbons (Fsp3) is 0.300. The number of anilines is 1. The number of hydrogen-bond donors (Lipinski definition) is 1. The topological polar surface area (TPSA) is 77.0 Å². The van der Waals surface area contributed by atoms with E-state index in [1.54, 1.807) is 24.9 Å². The first-order chi connectivity index (χ1) is 7.52. The molecule has 6 heteroatoms. The number of rotatable bonds is 1. The third-order valence-corrected chi connectivity index (χ3v) is 2.39. The van der Waals surface area contributed by atoms with Crippen LogP contribution in [0.15, 0.2) is 12.5 Å². The Bertz CT molecular complexity index is 558. The molecule has 2 N–H and O–H groups in total. The lowest BCUT2D eigenvalue weighted by molar-refractivity contribution is 0.0823. The average Bonchev–Trinajstić information content (AvgIpc) is 2.54. The Labute approximate surface area is 92.7 Å². The maximum absolute atomic E-state index is 11.9. The highest BCUT2D eigenvalue weighted by Crippen LogP contribution is 2.22. The van der Waals surface area contributed by atoms with E-state index >= 15 is 0 Å². The highest BCUT2D eigenvalue weighted by atomic mass is 16.2. The van der Waals surface area contributed by atoms with Crippen molar-refractivity contribution in [3.05, 3.63) is 18.2 Å². The van der Waals surface area contributed by atoms with Crippen LogP contribution < -0.4 is 5.73 Å². The SMILES string of the molecule is CN(C)C(=O)c1ncnc2c(N)cn(C)c12. The van der Waals surface area contributed by atoms with E-state index in [2.05, 4.69) is 9.97 Å². The molecule has 0 aromatic carbocycles. The van der Waals surface area contributed by atoms with Gasteiger partial charge in [0.25, 0.3) is 5.91 Å². The van der Waals surface area contributed by atoms with Crippen molar-refractivity contribution in [1.29, 1.82) is 0 Å². The highest BCUT2D eigenvalue weighted by molar-refractivity contribution is 6.05. The van der Waals surface area contributed by atoms with Gasteiger partial charge in [-0.15, -0.1) is 0 Å². The number of carbonyl (C=O) groups is 1. The number of amides is 1. The summed E-state index contributed by atoms with van der Waals surface area (Å²) in [5.74, 6) is -0.159. The van der Waals surface area contributed by atoms with Crippen LogP contribution in [-0.4, -0.2) is 39.4 Å². The van der Waals surface area contributed by atoms with Crippen LogP contribution >= 0.6 is 0 Å². The highest BCUT2D eigenvalue weighted by Gasteiger charge is 2.18. The van der Waals surface area contributed by atoms with Gasteiger partial charge >= 0.3 is 0 Å². The molecule has 0 aliphatic carbocycles. The molecular formula is C10H13N5O. The number of nitrogen functional groups attached to an aromatic ring is 1. The van der Waals surface area contributed by atoms with Crippen molar-refractivity contribution in [2.75, 3.05) is 19.8 Å². The van der Waals surface area contributed by atoms with Gasteiger partial charge in [-0.25, -0.2) is 9.97 Å². The third-order valence-electron chi connectivity index (χ3n) is 2.39. The predicted octanol–water partition coefficient (Wildman–Crippen LogP) is 0.252. The number of nitrogens with zero attached hydrogens (tertiary/aromatic N) is 4. The molecule has 0 unspecified atom stereocenters. The van der Waals surface area contributed by atoms with Crippen molar-refractivity contribution in [3.8, 4) is 0 Å². The molecule has 0 saturated carbocycles. The van der Waals surface area contributed by atoms with Crippen molar-refractivity contribution >= 4 is 22.6 Å². The van der Waals surface area contributed by atoms with Gasteiger partial charge in [-0.05, 0) is 0 Å². The minimum absolute atomic E-state index is 0.159. The smallest absolute Gasteiger partial charge is 0.274 e. The monoisotopic (exact) mass is 219 g/mol. The summed E-state index contributed by atoms with van der Waals surface area (Å²) in [4.78, 5) is 21.5. The van der Waals surface area contributed by atoms with Gasteiger partial charge in [0.05, 0.1) is 5.69 Å². The number of fused-ring (bicyclic) bond motifs is 1. The summed E-state index contributed by atoms with van der Waals surface area (Å²) in [6.07, 6.45) is 3.08. The van der Waals surface area contributed by atoms with Gasteiger partial charge in [0.15, 0.2) is 5.69 Å². The number of carbonyl (C=O) groups excluding carboxylic acids is 1. The summed E-state index contributed by atoms with van der Waals surface area (Å²) in [5, 5.41) is 0. The van der Waals surface area contributed by atoms with E-state index in [0.717, 1.165) is 0 Å². The number of aromatic nitrogens is 3. The lowest BCUT2D eigenvalue weighted by atomic mass is 10.3. The van der Waals surface area contributed by atoms with Gasteiger partial charge in [0.2, 0.25) is 0 Å². The Balaban J connectivity index is 2.76. The number of hydrogen-bond acceptors (Lipinski definition) is 4. The summed E-state index contributed by atoms with van der Waals surface area (Å²) < 4.78 is 1.77. The maximum atomic E-state index is 11.9. The zero-order valence-corrected chi connectivity index (χ0v) is 9.43. The van der Waals surface area contributed by atoms with E-state index in [1.807, 2.05) is 7.05 Å². The second-order valence-corrected chi connectivity index (χ2v) is 3.81. The van der Waals surface area contributed by atoms with E-state index < -0.39 is 0 Å². The number of aryl methyl sites for hydroxylation is 1. The molecule has 1 amide bonds. The van der Waals surface area contributed by atoms with Gasteiger partial charge in [0, 0.05) is 27.3 Å². The first-order valence-electron chi connectivity index (χ1n) is 4.79. The van der Waals surface area contributed by atoms with Crippen LogP contribution in [0, 0.1) is 0 Å². The second-order valence-electron chi connectivity index (χ2n) is 3.81. The Morgan fingerprint density at radius 3 is 2.75 bits per heavy atom. The minimum atomic E-state index is -0.159. The van der Waals surface area contributed by atoms with Crippen molar-refractivity contribution in [2.24, 2.45) is 7.05 Å². The van der Waals surface area contributed by atoms with Crippen LogP contribution in [0.3, 0.4) is 0 Å². The van der Waals surface area contributed by atoms with Gasteiger partial charge in [-0.2, -0.15) is 0 Å². The molecule has 2 aromatic heterocycles. The summed E-state index contributed by atoms with van der Waals surface area (Å²) >= 11 is 0. The lowest BCUT2D eigenvalue weighted by Crippen LogP contribution is -2.23. The molecule has 0 atom stereocenters. The van der Waals surface area contributed by atoms with Crippen molar-refractivity contribution < 1.29 is 4.79 Å². The van der Waals surface area contributed by atoms with E-state index in [-0.39, 0.29) is 5.91 Å². The summed E-state index contributed by atoms with van der Waals surface area (Å²) in [6, 6.07) is 0. The third kappa shape index (κ3) is 1.39. The van der Waals surface area contributed by atoms with Crippen LogP contribution in [0.5, 0.6) is 0 Å². The average molecular weight is 219 g/mol. The summed E-state index contributed by atoms with van der Waals surface area (Å²) in [6.45, 7) is 0. The first-order valence-corrected chi connectivity index (χ1v) is 4.79. The van der Waals surface area contributed by atoms with Crippen LogP contribution in [0.1, 0.15) is 10.5 Å². The van der Waals surface area contributed by atoms with Crippen molar-refractivity contribution in [3.63, 3.8) is 0 Å². The molecule has 0 bridgehead atoms. The normalized spacial score (nSPS) is 10.7.